The molecule has 0 fully saturated rings. The van der Waals surface area contributed by atoms with E-state index in [9.17, 15) is 4.79 Å². The Morgan fingerprint density at radius 2 is 2.00 bits per heavy atom. The van der Waals surface area contributed by atoms with E-state index in [0.29, 0.717) is 5.57 Å². The van der Waals surface area contributed by atoms with Gasteiger partial charge in [-0.05, 0) is 6.42 Å². The summed E-state index contributed by atoms with van der Waals surface area (Å²) in [5.74, 6) is -1.61. The number of nitriles is 3. The van der Waals surface area contributed by atoms with Crippen LogP contribution in [0, 0.1) is 45.8 Å². The van der Waals surface area contributed by atoms with Crippen molar-refractivity contribution in [3.8, 4) is 18.2 Å². The molecular weight excluding hydrogens is 192 g/mol. The normalized spacial score (nSPS) is 20.2. The standard InChI is InChI=1S/C10H8N4O/c1-6-2-7(3-11)9(14-10(6)15)8(4-12)5-13/h6,8H,2H2,1H3,(H,14,15). The third-order valence-corrected chi connectivity index (χ3v) is 2.22. The average molecular weight is 200 g/mol. The number of allylic oxidation sites excluding steroid dienone is 2. The molecule has 1 aliphatic rings. The fraction of sp³-hybridized carbons (Fsp3) is 0.400. The highest BCUT2D eigenvalue weighted by molar-refractivity contribution is 5.82. The fourth-order valence-electron chi connectivity index (χ4n) is 1.35. The van der Waals surface area contributed by atoms with E-state index in [-0.39, 0.29) is 23.9 Å². The fourth-order valence-corrected chi connectivity index (χ4v) is 1.35. The van der Waals surface area contributed by atoms with Gasteiger partial charge in [-0.15, -0.1) is 0 Å². The molecule has 5 heteroatoms. The molecule has 0 radical (unpaired) electrons. The van der Waals surface area contributed by atoms with E-state index in [2.05, 4.69) is 5.32 Å². The number of nitrogens with zero attached hydrogens (tertiary/aromatic N) is 3. The molecule has 74 valence electrons. The quantitative estimate of drug-likeness (QED) is 0.669. The maximum Gasteiger partial charge on any atom is 0.227 e. The number of rotatable bonds is 1. The van der Waals surface area contributed by atoms with Crippen LogP contribution in [0.15, 0.2) is 11.3 Å². The molecule has 1 amide bonds. The summed E-state index contributed by atoms with van der Waals surface area (Å²) >= 11 is 0. The van der Waals surface area contributed by atoms with Crippen LogP contribution in [-0.4, -0.2) is 5.91 Å². The molecule has 0 saturated carbocycles. The second-order valence-electron chi connectivity index (χ2n) is 3.29. The monoisotopic (exact) mass is 200 g/mol. The van der Waals surface area contributed by atoms with Crippen LogP contribution >= 0.6 is 0 Å². The van der Waals surface area contributed by atoms with Crippen LogP contribution < -0.4 is 5.32 Å². The van der Waals surface area contributed by atoms with Gasteiger partial charge in [0.25, 0.3) is 0 Å². The number of carbonyl (C=O) groups is 1. The molecule has 0 spiro atoms. The average Bonchev–Trinajstić information content (AvgIpc) is 2.24. The van der Waals surface area contributed by atoms with Crippen molar-refractivity contribution in [2.45, 2.75) is 13.3 Å². The van der Waals surface area contributed by atoms with Crippen molar-refractivity contribution >= 4 is 5.91 Å². The van der Waals surface area contributed by atoms with E-state index in [4.69, 9.17) is 15.8 Å². The van der Waals surface area contributed by atoms with Crippen LogP contribution in [0.4, 0.5) is 0 Å². The highest BCUT2D eigenvalue weighted by Gasteiger charge is 2.29. The molecule has 1 N–H and O–H groups in total. The zero-order valence-corrected chi connectivity index (χ0v) is 8.11. The first-order chi connectivity index (χ1) is 7.13. The highest BCUT2D eigenvalue weighted by Crippen LogP contribution is 2.23. The first kappa shape index (κ1) is 10.8. The second-order valence-corrected chi connectivity index (χ2v) is 3.29. The summed E-state index contributed by atoms with van der Waals surface area (Å²) in [7, 11) is 0. The Hall–Kier alpha value is -2.32. The van der Waals surface area contributed by atoms with Crippen LogP contribution in [0.5, 0.6) is 0 Å². The lowest BCUT2D eigenvalue weighted by Gasteiger charge is -2.22. The van der Waals surface area contributed by atoms with Gasteiger partial charge >= 0.3 is 0 Å². The molecule has 15 heavy (non-hydrogen) atoms. The largest absolute Gasteiger partial charge is 0.326 e. The van der Waals surface area contributed by atoms with Gasteiger partial charge in [-0.1, -0.05) is 6.92 Å². The van der Waals surface area contributed by atoms with Gasteiger partial charge in [0, 0.05) is 5.92 Å². The Balaban J connectivity index is 3.15. The van der Waals surface area contributed by atoms with Gasteiger partial charge in [-0.25, -0.2) is 0 Å². The van der Waals surface area contributed by atoms with Gasteiger partial charge in [-0.3, -0.25) is 4.79 Å². The first-order valence-corrected chi connectivity index (χ1v) is 4.37. The van der Waals surface area contributed by atoms with Crippen molar-refractivity contribution in [1.82, 2.24) is 5.32 Å². The third-order valence-electron chi connectivity index (χ3n) is 2.22. The molecular formula is C10H8N4O. The summed E-state index contributed by atoms with van der Waals surface area (Å²) in [5.41, 5.74) is 0.459. The van der Waals surface area contributed by atoms with Gasteiger partial charge in [0.05, 0.1) is 29.5 Å². The summed E-state index contributed by atoms with van der Waals surface area (Å²) in [6, 6.07) is 5.39. The van der Waals surface area contributed by atoms with Crippen molar-refractivity contribution in [1.29, 1.82) is 15.8 Å². The Morgan fingerprint density at radius 1 is 1.40 bits per heavy atom. The van der Waals surface area contributed by atoms with Gasteiger partial charge in [0.2, 0.25) is 5.91 Å². The molecule has 5 nitrogen and oxygen atoms in total. The molecule has 1 rings (SSSR count). The molecule has 0 aromatic heterocycles. The van der Waals surface area contributed by atoms with Gasteiger partial charge < -0.3 is 5.32 Å². The Labute approximate surface area is 87.2 Å². The molecule has 0 aromatic carbocycles. The van der Waals surface area contributed by atoms with E-state index >= 15 is 0 Å². The molecule has 0 bridgehead atoms. The van der Waals surface area contributed by atoms with Crippen LogP contribution in [0.25, 0.3) is 0 Å². The Bertz CT molecular complexity index is 430. The summed E-state index contributed by atoms with van der Waals surface area (Å²) in [6.07, 6.45) is 0.289. The maximum atomic E-state index is 11.3. The van der Waals surface area contributed by atoms with Crippen LogP contribution in [0.3, 0.4) is 0 Å². The van der Waals surface area contributed by atoms with Crippen molar-refractivity contribution in [2.75, 3.05) is 0 Å². The zero-order chi connectivity index (χ0) is 11.4. The van der Waals surface area contributed by atoms with E-state index in [1.54, 1.807) is 19.1 Å². The maximum absolute atomic E-state index is 11.3. The second kappa shape index (κ2) is 4.26. The molecule has 0 aliphatic carbocycles. The predicted molar refractivity (Wildman–Crippen MR) is 49.3 cm³/mol. The first-order valence-electron chi connectivity index (χ1n) is 4.37. The minimum Gasteiger partial charge on any atom is -0.326 e. The van der Waals surface area contributed by atoms with Crippen molar-refractivity contribution in [2.24, 2.45) is 11.8 Å². The van der Waals surface area contributed by atoms with E-state index in [1.165, 1.54) is 0 Å². The van der Waals surface area contributed by atoms with Gasteiger partial charge in [0.15, 0.2) is 5.92 Å². The van der Waals surface area contributed by atoms with Gasteiger partial charge in [0.1, 0.15) is 0 Å². The predicted octanol–water partition coefficient (Wildman–Crippen LogP) is 0.583. The third kappa shape index (κ3) is 1.95. The SMILES string of the molecule is CC1CC(C#N)=C(C(C#N)C#N)NC1=O. The summed E-state index contributed by atoms with van der Waals surface area (Å²) in [6.45, 7) is 1.69. The molecule has 1 atom stereocenters. The van der Waals surface area contributed by atoms with Crippen molar-refractivity contribution in [3.05, 3.63) is 11.3 Å². The molecule has 1 aliphatic heterocycles. The van der Waals surface area contributed by atoms with Crippen LogP contribution in [0.1, 0.15) is 13.3 Å². The minimum absolute atomic E-state index is 0.144. The molecule has 0 saturated heterocycles. The summed E-state index contributed by atoms with van der Waals surface area (Å²) in [4.78, 5) is 11.3. The number of hydrogen-bond donors (Lipinski definition) is 1. The Morgan fingerprint density at radius 3 is 2.47 bits per heavy atom. The molecule has 1 heterocycles. The van der Waals surface area contributed by atoms with Crippen molar-refractivity contribution < 1.29 is 4.79 Å². The highest BCUT2D eigenvalue weighted by atomic mass is 16.1. The van der Waals surface area contributed by atoms with Crippen molar-refractivity contribution in [3.63, 3.8) is 0 Å². The minimum atomic E-state index is -1.07. The lowest BCUT2D eigenvalue weighted by molar-refractivity contribution is -0.124. The number of carbonyl (C=O) groups excluding carboxylic acids is 1. The number of hydrogen-bond acceptors (Lipinski definition) is 4. The van der Waals surface area contributed by atoms with Crippen LogP contribution in [-0.2, 0) is 4.79 Å². The number of amides is 1. The summed E-state index contributed by atoms with van der Waals surface area (Å²) in [5, 5.41) is 28.6. The lowest BCUT2D eigenvalue weighted by Crippen LogP contribution is -2.36. The van der Waals surface area contributed by atoms with E-state index in [1.807, 2.05) is 6.07 Å². The summed E-state index contributed by atoms with van der Waals surface area (Å²) < 4.78 is 0. The smallest absolute Gasteiger partial charge is 0.227 e. The van der Waals surface area contributed by atoms with E-state index < -0.39 is 5.92 Å². The van der Waals surface area contributed by atoms with Crippen LogP contribution in [0.2, 0.25) is 0 Å². The van der Waals surface area contributed by atoms with Gasteiger partial charge in [-0.2, -0.15) is 15.8 Å². The lowest BCUT2D eigenvalue weighted by atomic mass is 9.91. The zero-order valence-electron chi connectivity index (χ0n) is 8.11. The molecule has 1 unspecified atom stereocenters. The Kier molecular flexibility index (Phi) is 3.06. The molecule has 0 aromatic rings. The number of nitrogens with one attached hydrogen (secondary N) is 1. The topological polar surface area (TPSA) is 100 Å². The van der Waals surface area contributed by atoms with E-state index in [0.717, 1.165) is 0 Å².